The van der Waals surface area contributed by atoms with Crippen LogP contribution < -0.4 is 5.32 Å². The Morgan fingerprint density at radius 2 is 2.12 bits per heavy atom. The number of hydrogen-bond acceptors (Lipinski definition) is 3. The van der Waals surface area contributed by atoms with Crippen molar-refractivity contribution in [3.05, 3.63) is 0 Å². The molecule has 1 rings (SSSR count). The van der Waals surface area contributed by atoms with E-state index in [0.29, 0.717) is 6.10 Å². The number of nitrogens with one attached hydrogen (secondary N) is 1. The number of ether oxygens (including phenoxy) is 1. The van der Waals surface area contributed by atoms with Crippen LogP contribution >= 0.6 is 0 Å². The molecule has 0 bridgehead atoms. The second-order valence-corrected chi connectivity index (χ2v) is 6.38. The Balaban J connectivity index is 2.05. The van der Waals surface area contributed by atoms with Crippen molar-refractivity contribution in [1.82, 2.24) is 10.2 Å². The Kier molecular flexibility index (Phi) is 5.90. The highest BCUT2D eigenvalue weighted by Crippen LogP contribution is 2.17. The lowest BCUT2D eigenvalue weighted by molar-refractivity contribution is 0.0500. The molecule has 0 spiro atoms. The minimum absolute atomic E-state index is 0.184. The molecule has 0 aromatic rings. The molecule has 3 nitrogen and oxygen atoms in total. The average Bonchev–Trinajstić information content (AvgIpc) is 2.61. The summed E-state index contributed by atoms with van der Waals surface area (Å²) in [5, 5.41) is 3.47. The van der Waals surface area contributed by atoms with Crippen LogP contribution in [-0.4, -0.2) is 49.3 Å². The first-order valence-electron chi connectivity index (χ1n) is 6.95. The van der Waals surface area contributed by atoms with E-state index in [4.69, 9.17) is 4.74 Å². The summed E-state index contributed by atoms with van der Waals surface area (Å²) in [6.45, 7) is 11.8. The van der Waals surface area contributed by atoms with E-state index >= 15 is 0 Å². The molecule has 0 aromatic heterocycles. The molecule has 102 valence electrons. The summed E-state index contributed by atoms with van der Waals surface area (Å²) in [6.07, 6.45) is 4.17. The summed E-state index contributed by atoms with van der Waals surface area (Å²) in [5.74, 6) is 0. The van der Waals surface area contributed by atoms with Crippen LogP contribution in [-0.2, 0) is 4.74 Å². The highest BCUT2D eigenvalue weighted by molar-refractivity contribution is 4.76. The second-order valence-electron chi connectivity index (χ2n) is 6.38. The van der Waals surface area contributed by atoms with E-state index in [1.165, 1.54) is 25.8 Å². The quantitative estimate of drug-likeness (QED) is 0.773. The molecule has 1 saturated heterocycles. The predicted octanol–water partition coefficient (Wildman–Crippen LogP) is 2.26. The average molecular weight is 242 g/mol. The largest absolute Gasteiger partial charge is 0.377 e. The molecule has 1 heterocycles. The molecule has 0 radical (unpaired) electrons. The van der Waals surface area contributed by atoms with E-state index in [2.05, 4.69) is 45.0 Å². The molecule has 0 aromatic carbocycles. The van der Waals surface area contributed by atoms with Gasteiger partial charge in [0.05, 0.1) is 6.10 Å². The lowest BCUT2D eigenvalue weighted by Crippen LogP contribution is -2.41. The zero-order valence-electron chi connectivity index (χ0n) is 12.3. The number of hydrogen-bond donors (Lipinski definition) is 1. The third-order valence-corrected chi connectivity index (χ3v) is 3.44. The van der Waals surface area contributed by atoms with Crippen molar-refractivity contribution < 1.29 is 4.74 Å². The van der Waals surface area contributed by atoms with Crippen molar-refractivity contribution in [2.75, 3.05) is 26.7 Å². The maximum absolute atomic E-state index is 5.86. The fourth-order valence-electron chi connectivity index (χ4n) is 2.26. The van der Waals surface area contributed by atoms with E-state index in [1.54, 1.807) is 0 Å². The Bertz CT molecular complexity index is 213. The summed E-state index contributed by atoms with van der Waals surface area (Å²) in [5.41, 5.74) is 0.184. The molecular weight excluding hydrogens is 212 g/mol. The fourth-order valence-corrected chi connectivity index (χ4v) is 2.26. The minimum Gasteiger partial charge on any atom is -0.377 e. The van der Waals surface area contributed by atoms with Crippen molar-refractivity contribution in [3.63, 3.8) is 0 Å². The smallest absolute Gasteiger partial charge is 0.0671 e. The number of nitrogens with zero attached hydrogens (tertiary/aromatic N) is 1. The molecule has 0 amide bonds. The molecule has 17 heavy (non-hydrogen) atoms. The second kappa shape index (κ2) is 6.72. The van der Waals surface area contributed by atoms with Crippen molar-refractivity contribution in [1.29, 1.82) is 0 Å². The summed E-state index contributed by atoms with van der Waals surface area (Å²) < 4.78 is 5.86. The van der Waals surface area contributed by atoms with E-state index < -0.39 is 0 Å². The van der Waals surface area contributed by atoms with Gasteiger partial charge in [-0.05, 0) is 60.5 Å². The van der Waals surface area contributed by atoms with Crippen molar-refractivity contribution in [3.8, 4) is 0 Å². The Hall–Kier alpha value is -0.120. The maximum atomic E-state index is 5.86. The zero-order chi connectivity index (χ0) is 12.9. The Morgan fingerprint density at radius 3 is 2.65 bits per heavy atom. The SMILES string of the molecule is CC(CNC(C)(C)C)OCCC1CCCN1C. The highest BCUT2D eigenvalue weighted by atomic mass is 16.5. The lowest BCUT2D eigenvalue weighted by atomic mass is 10.1. The van der Waals surface area contributed by atoms with Gasteiger partial charge in [0, 0.05) is 24.7 Å². The van der Waals surface area contributed by atoms with E-state index in [-0.39, 0.29) is 5.54 Å². The molecule has 2 atom stereocenters. The molecule has 1 fully saturated rings. The third-order valence-electron chi connectivity index (χ3n) is 3.44. The molecule has 0 aliphatic carbocycles. The van der Waals surface area contributed by atoms with E-state index in [0.717, 1.165) is 19.2 Å². The normalized spacial score (nSPS) is 24.2. The minimum atomic E-state index is 0.184. The van der Waals surface area contributed by atoms with Crippen molar-refractivity contribution in [2.24, 2.45) is 0 Å². The van der Waals surface area contributed by atoms with Gasteiger partial charge in [0.1, 0.15) is 0 Å². The van der Waals surface area contributed by atoms with Gasteiger partial charge in [-0.15, -0.1) is 0 Å². The summed E-state index contributed by atoms with van der Waals surface area (Å²) in [7, 11) is 2.22. The van der Waals surface area contributed by atoms with Gasteiger partial charge in [-0.25, -0.2) is 0 Å². The molecule has 1 aliphatic heterocycles. The first-order chi connectivity index (χ1) is 7.88. The lowest BCUT2D eigenvalue weighted by Gasteiger charge is -2.24. The van der Waals surface area contributed by atoms with E-state index in [9.17, 15) is 0 Å². The first kappa shape index (κ1) is 14.9. The van der Waals surface area contributed by atoms with Gasteiger partial charge in [0.15, 0.2) is 0 Å². The van der Waals surface area contributed by atoms with Crippen LogP contribution in [0, 0.1) is 0 Å². The summed E-state index contributed by atoms with van der Waals surface area (Å²) >= 11 is 0. The molecule has 1 N–H and O–H groups in total. The van der Waals surface area contributed by atoms with Crippen LogP contribution in [0.3, 0.4) is 0 Å². The summed E-state index contributed by atoms with van der Waals surface area (Å²) in [6, 6.07) is 0.748. The van der Waals surface area contributed by atoms with Crippen molar-refractivity contribution >= 4 is 0 Å². The Morgan fingerprint density at radius 1 is 1.41 bits per heavy atom. The van der Waals surface area contributed by atoms with Crippen LogP contribution in [0.2, 0.25) is 0 Å². The predicted molar refractivity (Wildman–Crippen MR) is 73.4 cm³/mol. The Labute approximate surface area is 107 Å². The zero-order valence-corrected chi connectivity index (χ0v) is 12.3. The van der Waals surface area contributed by atoms with Crippen molar-refractivity contribution in [2.45, 2.75) is 64.6 Å². The molecular formula is C14H30N2O. The molecule has 1 aliphatic rings. The van der Waals surface area contributed by atoms with Crippen LogP contribution in [0.4, 0.5) is 0 Å². The standard InChI is InChI=1S/C14H30N2O/c1-12(11-15-14(2,3)4)17-10-8-13-7-6-9-16(13)5/h12-13,15H,6-11H2,1-5H3. The van der Waals surface area contributed by atoms with E-state index in [1.807, 2.05) is 0 Å². The first-order valence-corrected chi connectivity index (χ1v) is 6.95. The summed E-state index contributed by atoms with van der Waals surface area (Å²) in [4.78, 5) is 2.46. The van der Waals surface area contributed by atoms with Gasteiger partial charge in [0.25, 0.3) is 0 Å². The monoisotopic (exact) mass is 242 g/mol. The van der Waals surface area contributed by atoms with Gasteiger partial charge in [-0.2, -0.15) is 0 Å². The molecule has 3 heteroatoms. The molecule has 2 unspecified atom stereocenters. The van der Waals surface area contributed by atoms with Gasteiger partial charge < -0.3 is 15.0 Å². The van der Waals surface area contributed by atoms with Crippen LogP contribution in [0.5, 0.6) is 0 Å². The topological polar surface area (TPSA) is 24.5 Å². The van der Waals surface area contributed by atoms with Crippen LogP contribution in [0.1, 0.15) is 47.0 Å². The van der Waals surface area contributed by atoms with Gasteiger partial charge in [0.2, 0.25) is 0 Å². The van der Waals surface area contributed by atoms with Gasteiger partial charge in [-0.1, -0.05) is 0 Å². The fraction of sp³-hybridized carbons (Fsp3) is 1.00. The van der Waals surface area contributed by atoms with Crippen LogP contribution in [0.15, 0.2) is 0 Å². The van der Waals surface area contributed by atoms with Crippen LogP contribution in [0.25, 0.3) is 0 Å². The van der Waals surface area contributed by atoms with Gasteiger partial charge in [-0.3, -0.25) is 0 Å². The highest BCUT2D eigenvalue weighted by Gasteiger charge is 2.20. The maximum Gasteiger partial charge on any atom is 0.0671 e. The molecule has 0 saturated carbocycles. The van der Waals surface area contributed by atoms with Gasteiger partial charge >= 0.3 is 0 Å². The number of rotatable bonds is 6. The number of likely N-dealkylation sites (tertiary alicyclic amines) is 1. The third kappa shape index (κ3) is 6.39.